The maximum absolute atomic E-state index is 13.4. The molecule has 6 nitrogen and oxygen atoms in total. The zero-order valence-electron chi connectivity index (χ0n) is 14.7. The third-order valence-corrected chi connectivity index (χ3v) is 6.26. The maximum Gasteiger partial charge on any atom is 0.304 e. The Morgan fingerprint density at radius 2 is 1.92 bits per heavy atom. The molecule has 0 bridgehead atoms. The Labute approximate surface area is 155 Å². The van der Waals surface area contributed by atoms with Crippen LogP contribution < -0.4 is 0 Å². The first kappa shape index (κ1) is 20.5. The van der Waals surface area contributed by atoms with E-state index in [1.807, 2.05) is 0 Å². The molecule has 26 heavy (non-hydrogen) atoms. The lowest BCUT2D eigenvalue weighted by Gasteiger charge is -2.26. The molecule has 144 valence electrons. The van der Waals surface area contributed by atoms with Crippen molar-refractivity contribution < 1.29 is 26.8 Å². The first-order valence-corrected chi connectivity index (χ1v) is 10.5. The number of allylic oxidation sites excluding steroid dienone is 2. The summed E-state index contributed by atoms with van der Waals surface area (Å²) in [7, 11) is -3.06. The second kappa shape index (κ2) is 7.83. The van der Waals surface area contributed by atoms with E-state index in [0.717, 1.165) is 18.3 Å². The van der Waals surface area contributed by atoms with Gasteiger partial charge in [0.05, 0.1) is 22.6 Å². The lowest BCUT2D eigenvalue weighted by atomic mass is 10.2. The van der Waals surface area contributed by atoms with E-state index < -0.39 is 21.5 Å². The van der Waals surface area contributed by atoms with Crippen LogP contribution in [0.5, 0.6) is 0 Å². The highest BCUT2D eigenvalue weighted by molar-refractivity contribution is 7.91. The van der Waals surface area contributed by atoms with E-state index in [1.165, 1.54) is 25.0 Å². The van der Waals surface area contributed by atoms with Crippen LogP contribution in [0.3, 0.4) is 0 Å². The molecule has 10 heteroatoms. The number of hydrogen-bond donors (Lipinski definition) is 0. The van der Waals surface area contributed by atoms with Crippen LogP contribution in [0.1, 0.15) is 35.3 Å². The molecule has 0 aliphatic carbocycles. The van der Waals surface area contributed by atoms with Gasteiger partial charge < -0.3 is 9.74 Å². The molecule has 1 aromatic rings. The van der Waals surface area contributed by atoms with Crippen LogP contribution in [0, 0.1) is 0 Å². The lowest BCUT2D eigenvalue weighted by molar-refractivity contribution is -0.00617. The van der Waals surface area contributed by atoms with Gasteiger partial charge in [0.1, 0.15) is 0 Å². The number of thiophene rings is 1. The van der Waals surface area contributed by atoms with Gasteiger partial charge in [-0.25, -0.2) is 8.42 Å². The van der Waals surface area contributed by atoms with Crippen molar-refractivity contribution in [2.24, 2.45) is 5.16 Å². The van der Waals surface area contributed by atoms with Crippen molar-refractivity contribution in [3.63, 3.8) is 0 Å². The molecule has 1 aromatic heterocycles. The number of carbonyl (C=O) groups is 1. The van der Waals surface area contributed by atoms with Crippen molar-refractivity contribution >= 4 is 33.3 Å². The minimum Gasteiger partial charge on any atom is -0.355 e. The number of hydrogen-bond acceptors (Lipinski definition) is 6. The predicted molar refractivity (Wildman–Crippen MR) is 96.6 cm³/mol. The topological polar surface area (TPSA) is 76.0 Å². The highest BCUT2D eigenvalue weighted by Crippen LogP contribution is 2.27. The number of oxime groups is 1. The fourth-order valence-electron chi connectivity index (χ4n) is 2.35. The molecule has 0 N–H and O–H groups in total. The van der Waals surface area contributed by atoms with Gasteiger partial charge >= 0.3 is 5.92 Å². The first-order chi connectivity index (χ1) is 12.0. The van der Waals surface area contributed by atoms with Crippen LogP contribution in [-0.4, -0.2) is 56.0 Å². The molecule has 0 unspecified atom stereocenters. The van der Waals surface area contributed by atoms with Crippen LogP contribution in [-0.2, 0) is 14.7 Å². The number of alkyl halides is 2. The average molecular weight is 406 g/mol. The monoisotopic (exact) mass is 406 g/mol. The molecule has 2 rings (SSSR count). The van der Waals surface area contributed by atoms with E-state index in [-0.39, 0.29) is 30.5 Å². The summed E-state index contributed by atoms with van der Waals surface area (Å²) in [6.07, 6.45) is 1.26. The van der Waals surface area contributed by atoms with E-state index in [1.54, 1.807) is 12.1 Å². The standard InChI is InChI=1S/C16H20F2N2O4S2/c1-11(2)14(16(3,17)18)24-19-10-12-4-5-13(25-12)15(21)20-6-8-26(22,23)9-7-20/h4-5,10H,6-9H2,1-3H3/b19-10+. The molecule has 0 saturated carbocycles. The van der Waals surface area contributed by atoms with Gasteiger partial charge in [-0.05, 0) is 31.6 Å². The van der Waals surface area contributed by atoms with E-state index in [4.69, 9.17) is 4.84 Å². The van der Waals surface area contributed by atoms with E-state index in [0.29, 0.717) is 15.3 Å². The summed E-state index contributed by atoms with van der Waals surface area (Å²) in [4.78, 5) is 19.7. The van der Waals surface area contributed by atoms with Crippen LogP contribution in [0.4, 0.5) is 8.78 Å². The molecular formula is C16H20F2N2O4S2. The SMILES string of the molecule is CC(C)=C(O/N=C/c1ccc(C(=O)N2CCS(=O)(=O)CC2)s1)C(C)(F)F. The maximum atomic E-state index is 13.4. The van der Waals surface area contributed by atoms with Crippen molar-refractivity contribution in [1.29, 1.82) is 0 Å². The fraction of sp³-hybridized carbons (Fsp3) is 0.500. The minimum atomic E-state index is -3.14. The van der Waals surface area contributed by atoms with Crippen LogP contribution in [0.2, 0.25) is 0 Å². The van der Waals surface area contributed by atoms with Gasteiger partial charge in [0, 0.05) is 24.9 Å². The van der Waals surface area contributed by atoms with Gasteiger partial charge in [0.25, 0.3) is 5.91 Å². The summed E-state index contributed by atoms with van der Waals surface area (Å²) in [5.74, 6) is -3.99. The van der Waals surface area contributed by atoms with Gasteiger partial charge in [-0.15, -0.1) is 11.3 Å². The summed E-state index contributed by atoms with van der Waals surface area (Å²) in [5, 5.41) is 3.58. The number of amides is 1. The lowest BCUT2D eigenvalue weighted by Crippen LogP contribution is -2.43. The summed E-state index contributed by atoms with van der Waals surface area (Å²) < 4.78 is 49.6. The number of carbonyl (C=O) groups excluding carboxylic acids is 1. The third kappa shape index (κ3) is 5.34. The number of rotatable bonds is 5. The van der Waals surface area contributed by atoms with Gasteiger partial charge in [0.2, 0.25) is 5.76 Å². The zero-order valence-corrected chi connectivity index (χ0v) is 16.3. The Hall–Kier alpha value is -1.81. The van der Waals surface area contributed by atoms with Gasteiger partial charge in [0.15, 0.2) is 9.84 Å². The Bertz CT molecular complexity index is 821. The molecule has 1 aliphatic rings. The normalized spacial score (nSPS) is 17.3. The Morgan fingerprint density at radius 3 is 2.46 bits per heavy atom. The molecular weight excluding hydrogens is 386 g/mol. The predicted octanol–water partition coefficient (Wildman–Crippen LogP) is 2.92. The molecule has 1 aliphatic heterocycles. The smallest absolute Gasteiger partial charge is 0.304 e. The Balaban J connectivity index is 2.01. The molecule has 0 aromatic carbocycles. The van der Waals surface area contributed by atoms with Crippen molar-refractivity contribution in [2.45, 2.75) is 26.7 Å². The highest BCUT2D eigenvalue weighted by Gasteiger charge is 2.31. The highest BCUT2D eigenvalue weighted by atomic mass is 32.2. The molecule has 1 amide bonds. The Morgan fingerprint density at radius 1 is 1.31 bits per heavy atom. The van der Waals surface area contributed by atoms with Crippen LogP contribution in [0.25, 0.3) is 0 Å². The number of nitrogens with zero attached hydrogens (tertiary/aromatic N) is 2. The van der Waals surface area contributed by atoms with E-state index in [2.05, 4.69) is 5.16 Å². The zero-order chi connectivity index (χ0) is 19.5. The van der Waals surface area contributed by atoms with Crippen molar-refractivity contribution in [1.82, 2.24) is 4.90 Å². The summed E-state index contributed by atoms with van der Waals surface area (Å²) in [6, 6.07) is 3.21. The second-order valence-corrected chi connectivity index (χ2v) is 9.61. The summed E-state index contributed by atoms with van der Waals surface area (Å²) >= 11 is 1.13. The van der Waals surface area contributed by atoms with Crippen molar-refractivity contribution in [3.05, 3.63) is 33.2 Å². The summed E-state index contributed by atoms with van der Waals surface area (Å²) in [5.41, 5.74) is 0.316. The average Bonchev–Trinajstić information content (AvgIpc) is 2.98. The second-order valence-electron chi connectivity index (χ2n) is 6.19. The van der Waals surface area contributed by atoms with Gasteiger partial charge in [-0.1, -0.05) is 5.16 Å². The largest absolute Gasteiger partial charge is 0.355 e. The first-order valence-electron chi connectivity index (χ1n) is 7.85. The fourth-order valence-corrected chi connectivity index (χ4v) is 4.39. The molecule has 0 radical (unpaired) electrons. The van der Waals surface area contributed by atoms with E-state index >= 15 is 0 Å². The molecule has 2 heterocycles. The quantitative estimate of drug-likeness (QED) is 0.428. The Kier molecular flexibility index (Phi) is 6.17. The molecule has 1 saturated heterocycles. The molecule has 0 atom stereocenters. The number of halogens is 2. The van der Waals surface area contributed by atoms with Crippen molar-refractivity contribution in [3.8, 4) is 0 Å². The van der Waals surface area contributed by atoms with Crippen LogP contribution >= 0.6 is 11.3 Å². The number of sulfone groups is 1. The molecule has 1 fully saturated rings. The van der Waals surface area contributed by atoms with Crippen molar-refractivity contribution in [2.75, 3.05) is 24.6 Å². The van der Waals surface area contributed by atoms with E-state index in [9.17, 15) is 22.0 Å². The summed E-state index contributed by atoms with van der Waals surface area (Å²) in [6.45, 7) is 4.07. The third-order valence-electron chi connectivity index (χ3n) is 3.65. The minimum absolute atomic E-state index is 0.0387. The van der Waals surface area contributed by atoms with Gasteiger partial charge in [-0.3, -0.25) is 4.79 Å². The van der Waals surface area contributed by atoms with Gasteiger partial charge in [-0.2, -0.15) is 8.78 Å². The molecule has 0 spiro atoms. The van der Waals surface area contributed by atoms with Crippen LogP contribution in [0.15, 0.2) is 28.6 Å².